The number of carbonyl (C=O) groups is 1. The van der Waals surface area contributed by atoms with Crippen molar-refractivity contribution in [2.24, 2.45) is 0 Å². The van der Waals surface area contributed by atoms with Gasteiger partial charge in [0.2, 0.25) is 0 Å². The van der Waals surface area contributed by atoms with E-state index in [0.29, 0.717) is 12.1 Å². The van der Waals surface area contributed by atoms with Crippen molar-refractivity contribution in [3.63, 3.8) is 0 Å². The van der Waals surface area contributed by atoms with E-state index in [2.05, 4.69) is 35.2 Å². The second-order valence-electron chi connectivity index (χ2n) is 7.51. The predicted molar refractivity (Wildman–Crippen MR) is 103 cm³/mol. The Morgan fingerprint density at radius 3 is 2.12 bits per heavy atom. The van der Waals surface area contributed by atoms with Gasteiger partial charge in [0.1, 0.15) is 0 Å². The van der Waals surface area contributed by atoms with Crippen LogP contribution in [-0.2, 0) is 6.54 Å². The first-order valence-corrected chi connectivity index (χ1v) is 9.59. The van der Waals surface area contributed by atoms with Crippen molar-refractivity contribution in [1.29, 1.82) is 0 Å². The van der Waals surface area contributed by atoms with E-state index in [1.165, 1.54) is 24.8 Å². The predicted octanol–water partition coefficient (Wildman–Crippen LogP) is 4.76. The SMILES string of the molecule is O=C(O)N(c1ccccc1)C1CC2CCCC(C1)N2Cc1ccccc1. The molecular weight excluding hydrogens is 324 g/mol. The lowest BCUT2D eigenvalue weighted by Crippen LogP contribution is -2.57. The number of benzene rings is 2. The minimum Gasteiger partial charge on any atom is -0.465 e. The van der Waals surface area contributed by atoms with E-state index >= 15 is 0 Å². The van der Waals surface area contributed by atoms with Crippen LogP contribution >= 0.6 is 0 Å². The number of anilines is 1. The molecular formula is C22H26N2O2. The summed E-state index contributed by atoms with van der Waals surface area (Å²) in [4.78, 5) is 16.2. The summed E-state index contributed by atoms with van der Waals surface area (Å²) in [5.41, 5.74) is 2.14. The first-order valence-electron chi connectivity index (χ1n) is 9.59. The molecule has 0 radical (unpaired) electrons. The maximum Gasteiger partial charge on any atom is 0.412 e. The molecule has 2 aliphatic heterocycles. The molecule has 0 aromatic heterocycles. The summed E-state index contributed by atoms with van der Waals surface area (Å²) < 4.78 is 0. The average molecular weight is 350 g/mol. The monoisotopic (exact) mass is 350 g/mol. The Bertz CT molecular complexity index is 720. The minimum absolute atomic E-state index is 0.0669. The molecule has 1 amide bonds. The maximum atomic E-state index is 12.0. The van der Waals surface area contributed by atoms with E-state index in [-0.39, 0.29) is 6.04 Å². The van der Waals surface area contributed by atoms with Gasteiger partial charge in [-0.15, -0.1) is 0 Å². The van der Waals surface area contributed by atoms with E-state index in [0.717, 1.165) is 25.1 Å². The van der Waals surface area contributed by atoms with Crippen LogP contribution in [0.1, 0.15) is 37.7 Å². The average Bonchev–Trinajstić information content (AvgIpc) is 2.64. The molecule has 2 fully saturated rings. The van der Waals surface area contributed by atoms with E-state index < -0.39 is 6.09 Å². The van der Waals surface area contributed by atoms with Crippen molar-refractivity contribution in [1.82, 2.24) is 4.90 Å². The molecule has 4 rings (SSSR count). The summed E-state index contributed by atoms with van der Waals surface area (Å²) in [6.07, 6.45) is 4.60. The first-order chi connectivity index (χ1) is 12.7. The van der Waals surface area contributed by atoms with E-state index in [1.807, 2.05) is 30.3 Å². The molecule has 2 saturated heterocycles. The zero-order valence-corrected chi connectivity index (χ0v) is 15.0. The van der Waals surface area contributed by atoms with Gasteiger partial charge in [-0.25, -0.2) is 4.79 Å². The van der Waals surface area contributed by atoms with Gasteiger partial charge in [0.15, 0.2) is 0 Å². The fourth-order valence-corrected chi connectivity index (χ4v) is 4.78. The second-order valence-corrected chi connectivity index (χ2v) is 7.51. The lowest BCUT2D eigenvalue weighted by atomic mass is 9.80. The highest BCUT2D eigenvalue weighted by atomic mass is 16.4. The van der Waals surface area contributed by atoms with Crippen LogP contribution in [0, 0.1) is 0 Å². The molecule has 1 N–H and O–H groups in total. The third-order valence-corrected chi connectivity index (χ3v) is 5.91. The van der Waals surface area contributed by atoms with Crippen molar-refractivity contribution >= 4 is 11.8 Å². The first kappa shape index (κ1) is 17.1. The number of fused-ring (bicyclic) bond motifs is 2. The Kier molecular flexibility index (Phi) is 4.93. The third kappa shape index (κ3) is 3.47. The molecule has 2 aliphatic rings. The van der Waals surface area contributed by atoms with Crippen LogP contribution in [0.25, 0.3) is 0 Å². The van der Waals surface area contributed by atoms with Crippen LogP contribution in [0.15, 0.2) is 60.7 Å². The van der Waals surface area contributed by atoms with Crippen LogP contribution in [-0.4, -0.2) is 34.2 Å². The minimum atomic E-state index is -0.837. The van der Waals surface area contributed by atoms with Gasteiger partial charge in [0.05, 0.1) is 0 Å². The van der Waals surface area contributed by atoms with Crippen LogP contribution in [0.2, 0.25) is 0 Å². The number of amides is 1. The third-order valence-electron chi connectivity index (χ3n) is 5.91. The Morgan fingerprint density at radius 2 is 1.54 bits per heavy atom. The summed E-state index contributed by atoms with van der Waals surface area (Å²) in [5.74, 6) is 0. The van der Waals surface area contributed by atoms with Gasteiger partial charge < -0.3 is 5.11 Å². The molecule has 0 spiro atoms. The number of hydrogen-bond donors (Lipinski definition) is 1. The van der Waals surface area contributed by atoms with Gasteiger partial charge in [-0.05, 0) is 43.4 Å². The Hall–Kier alpha value is -2.33. The van der Waals surface area contributed by atoms with E-state index in [4.69, 9.17) is 0 Å². The summed E-state index contributed by atoms with van der Waals surface area (Å²) in [7, 11) is 0. The normalized spacial score (nSPS) is 25.6. The molecule has 0 aliphatic carbocycles. The quantitative estimate of drug-likeness (QED) is 0.865. The fraction of sp³-hybridized carbons (Fsp3) is 0.409. The van der Waals surface area contributed by atoms with Crippen molar-refractivity contribution in [3.8, 4) is 0 Å². The Morgan fingerprint density at radius 1 is 0.962 bits per heavy atom. The highest BCUT2D eigenvalue weighted by Gasteiger charge is 2.41. The van der Waals surface area contributed by atoms with Gasteiger partial charge in [-0.1, -0.05) is 55.0 Å². The fourth-order valence-electron chi connectivity index (χ4n) is 4.78. The zero-order chi connectivity index (χ0) is 17.9. The number of para-hydroxylation sites is 1. The molecule has 2 unspecified atom stereocenters. The molecule has 2 heterocycles. The van der Waals surface area contributed by atoms with Gasteiger partial charge in [0.25, 0.3) is 0 Å². The zero-order valence-electron chi connectivity index (χ0n) is 15.0. The van der Waals surface area contributed by atoms with Gasteiger partial charge in [-0.3, -0.25) is 9.80 Å². The molecule has 4 nitrogen and oxygen atoms in total. The highest BCUT2D eigenvalue weighted by Crippen LogP contribution is 2.38. The number of rotatable bonds is 4. The lowest BCUT2D eigenvalue weighted by Gasteiger charge is -2.50. The lowest BCUT2D eigenvalue weighted by molar-refractivity contribution is 0.0232. The summed E-state index contributed by atoms with van der Waals surface area (Å²) in [5, 5.41) is 9.86. The number of carboxylic acid groups (broad SMARTS) is 1. The van der Waals surface area contributed by atoms with Gasteiger partial charge in [0, 0.05) is 30.4 Å². The number of piperidine rings is 2. The van der Waals surface area contributed by atoms with Crippen LogP contribution < -0.4 is 4.90 Å². The largest absolute Gasteiger partial charge is 0.465 e. The van der Waals surface area contributed by atoms with Gasteiger partial charge >= 0.3 is 6.09 Å². The molecule has 136 valence electrons. The van der Waals surface area contributed by atoms with Gasteiger partial charge in [-0.2, -0.15) is 0 Å². The van der Waals surface area contributed by atoms with E-state index in [9.17, 15) is 9.90 Å². The number of nitrogens with zero attached hydrogens (tertiary/aromatic N) is 2. The molecule has 4 heteroatoms. The topological polar surface area (TPSA) is 43.8 Å². The van der Waals surface area contributed by atoms with Crippen molar-refractivity contribution in [3.05, 3.63) is 66.2 Å². The van der Waals surface area contributed by atoms with Crippen molar-refractivity contribution < 1.29 is 9.90 Å². The van der Waals surface area contributed by atoms with Crippen molar-refractivity contribution in [2.75, 3.05) is 4.90 Å². The maximum absolute atomic E-state index is 12.0. The summed E-state index contributed by atoms with van der Waals surface area (Å²) in [6.45, 7) is 0.974. The van der Waals surface area contributed by atoms with Crippen LogP contribution in [0.5, 0.6) is 0 Å². The smallest absolute Gasteiger partial charge is 0.412 e. The van der Waals surface area contributed by atoms with Crippen LogP contribution in [0.3, 0.4) is 0 Å². The summed E-state index contributed by atoms with van der Waals surface area (Å²) >= 11 is 0. The van der Waals surface area contributed by atoms with E-state index in [1.54, 1.807) is 4.90 Å². The molecule has 2 bridgehead atoms. The number of hydrogen-bond acceptors (Lipinski definition) is 2. The van der Waals surface area contributed by atoms with Crippen LogP contribution in [0.4, 0.5) is 10.5 Å². The summed E-state index contributed by atoms with van der Waals surface area (Å²) in [6, 6.07) is 21.2. The molecule has 0 saturated carbocycles. The van der Waals surface area contributed by atoms with Crippen molar-refractivity contribution in [2.45, 2.75) is 56.8 Å². The Balaban J connectivity index is 1.54. The molecule has 2 aromatic rings. The molecule has 2 atom stereocenters. The molecule has 2 aromatic carbocycles. The highest BCUT2D eigenvalue weighted by molar-refractivity contribution is 5.86. The standard InChI is InChI=1S/C22H26N2O2/c25-22(26)24(18-10-5-2-6-11-18)21-14-19-12-7-13-20(15-21)23(19)16-17-8-3-1-4-9-17/h1-6,8-11,19-21H,7,12-16H2,(H,25,26). The molecule has 26 heavy (non-hydrogen) atoms. The Labute approximate surface area is 155 Å². The second kappa shape index (κ2) is 7.50.